The summed E-state index contributed by atoms with van der Waals surface area (Å²) in [6.07, 6.45) is 0. The van der Waals surface area contributed by atoms with Crippen LogP contribution in [0.2, 0.25) is 0 Å². The number of halogens is 1. The molecule has 0 fully saturated rings. The van der Waals surface area contributed by atoms with Gasteiger partial charge in [0.25, 0.3) is 0 Å². The summed E-state index contributed by atoms with van der Waals surface area (Å²) in [5.74, 6) is 0. The molecule has 3 aromatic carbocycles. The van der Waals surface area contributed by atoms with Gasteiger partial charge in [-0.15, -0.1) is 0 Å². The summed E-state index contributed by atoms with van der Waals surface area (Å²) >= 11 is 3.55. The molecule has 0 saturated heterocycles. The molecule has 0 aromatic heterocycles. The van der Waals surface area contributed by atoms with Gasteiger partial charge in [-0.1, -0.05) is 28.1 Å². The van der Waals surface area contributed by atoms with Gasteiger partial charge in [-0.05, 0) is 77.7 Å². The van der Waals surface area contributed by atoms with Crippen molar-refractivity contribution in [3.63, 3.8) is 0 Å². The molecule has 23 heavy (non-hydrogen) atoms. The van der Waals surface area contributed by atoms with E-state index in [0.717, 1.165) is 33.9 Å². The minimum absolute atomic E-state index is 0.0500. The van der Waals surface area contributed by atoms with E-state index in [0.29, 0.717) is 0 Å². The first kappa shape index (κ1) is 16.3. The van der Waals surface area contributed by atoms with Crippen LogP contribution in [-0.2, 0) is 6.61 Å². The zero-order valence-electron chi connectivity index (χ0n) is 13.9. The van der Waals surface area contributed by atoms with Gasteiger partial charge in [-0.3, -0.25) is 0 Å². The third-order valence-electron chi connectivity index (χ3n) is 4.73. The molecule has 0 unspecified atom stereocenters. The van der Waals surface area contributed by atoms with Crippen LogP contribution in [-0.4, -0.2) is 18.2 Å². The van der Waals surface area contributed by atoms with Crippen LogP contribution in [0.15, 0.2) is 40.9 Å². The summed E-state index contributed by atoms with van der Waals surface area (Å²) in [6.45, 7) is 8.57. The van der Waals surface area contributed by atoms with E-state index in [1.807, 2.05) is 0 Å². The number of benzene rings is 3. The highest BCUT2D eigenvalue weighted by molar-refractivity contribution is 9.10. The maximum absolute atomic E-state index is 9.96. The summed E-state index contributed by atoms with van der Waals surface area (Å²) in [5, 5.41) is 14.7. The number of fused-ring (bicyclic) bond motifs is 2. The zero-order chi connectivity index (χ0) is 16.6. The Balaban J connectivity index is 2.38. The fraction of sp³-hybridized carbons (Fsp3) is 0.300. The number of aliphatic hydroxyl groups excluding tert-OH is 1. The number of nitrogens with zero attached hydrogens (tertiary/aromatic N) is 1. The van der Waals surface area contributed by atoms with Gasteiger partial charge in [-0.25, -0.2) is 0 Å². The molecular weight excluding hydrogens is 350 g/mol. The predicted octanol–water partition coefficient (Wildman–Crippen LogP) is 5.40. The monoisotopic (exact) mass is 371 g/mol. The number of hydrogen-bond donors (Lipinski definition) is 1. The summed E-state index contributed by atoms with van der Waals surface area (Å²) in [6, 6.07) is 12.9. The Kier molecular flexibility index (Phi) is 4.60. The Morgan fingerprint density at radius 2 is 1.61 bits per heavy atom. The van der Waals surface area contributed by atoms with Crippen molar-refractivity contribution in [2.45, 2.75) is 27.4 Å². The van der Waals surface area contributed by atoms with Gasteiger partial charge in [-0.2, -0.15) is 0 Å². The van der Waals surface area contributed by atoms with Crippen molar-refractivity contribution in [3.8, 4) is 0 Å². The smallest absolute Gasteiger partial charge is 0.0693 e. The average Bonchev–Trinajstić information content (AvgIpc) is 2.56. The minimum Gasteiger partial charge on any atom is -0.392 e. The van der Waals surface area contributed by atoms with Crippen LogP contribution in [0.25, 0.3) is 21.5 Å². The number of hydrogen-bond acceptors (Lipinski definition) is 2. The molecule has 120 valence electrons. The second-order valence-electron chi connectivity index (χ2n) is 5.85. The van der Waals surface area contributed by atoms with Gasteiger partial charge in [0.05, 0.1) is 6.61 Å². The molecule has 0 aliphatic carbocycles. The van der Waals surface area contributed by atoms with E-state index in [1.54, 1.807) is 0 Å². The van der Waals surface area contributed by atoms with E-state index >= 15 is 0 Å². The molecule has 0 aliphatic rings. The van der Waals surface area contributed by atoms with Crippen LogP contribution in [0.1, 0.15) is 25.0 Å². The van der Waals surface area contributed by atoms with Crippen LogP contribution in [0.4, 0.5) is 5.69 Å². The summed E-state index contributed by atoms with van der Waals surface area (Å²) < 4.78 is 1.04. The lowest BCUT2D eigenvalue weighted by molar-refractivity contribution is 0.285. The zero-order valence-corrected chi connectivity index (χ0v) is 15.4. The fourth-order valence-corrected chi connectivity index (χ4v) is 3.81. The largest absolute Gasteiger partial charge is 0.392 e. The molecule has 0 amide bonds. The van der Waals surface area contributed by atoms with Gasteiger partial charge >= 0.3 is 0 Å². The normalized spacial score (nSPS) is 11.3. The summed E-state index contributed by atoms with van der Waals surface area (Å²) in [5.41, 5.74) is 3.52. The van der Waals surface area contributed by atoms with Gasteiger partial charge in [0.1, 0.15) is 0 Å². The van der Waals surface area contributed by atoms with Crippen LogP contribution < -0.4 is 4.90 Å². The number of rotatable bonds is 4. The molecule has 3 heteroatoms. The highest BCUT2D eigenvalue weighted by Gasteiger charge is 2.13. The van der Waals surface area contributed by atoms with Crippen LogP contribution >= 0.6 is 15.9 Å². The van der Waals surface area contributed by atoms with Gasteiger partial charge in [0.2, 0.25) is 0 Å². The minimum atomic E-state index is 0.0500. The maximum atomic E-state index is 9.96. The Bertz CT molecular complexity index is 869. The van der Waals surface area contributed by atoms with Crippen molar-refractivity contribution in [1.29, 1.82) is 0 Å². The van der Waals surface area contributed by atoms with Gasteiger partial charge in [0.15, 0.2) is 0 Å². The highest BCUT2D eigenvalue weighted by atomic mass is 79.9. The Hall–Kier alpha value is -1.58. The highest BCUT2D eigenvalue weighted by Crippen LogP contribution is 2.36. The fourth-order valence-electron chi connectivity index (χ4n) is 3.44. The van der Waals surface area contributed by atoms with E-state index in [1.165, 1.54) is 22.0 Å². The molecule has 0 spiro atoms. The number of aryl methyl sites for hydroxylation is 1. The predicted molar refractivity (Wildman–Crippen MR) is 103 cm³/mol. The van der Waals surface area contributed by atoms with E-state index in [4.69, 9.17) is 0 Å². The van der Waals surface area contributed by atoms with E-state index in [9.17, 15) is 5.11 Å². The number of anilines is 1. The maximum Gasteiger partial charge on any atom is 0.0693 e. The summed E-state index contributed by atoms with van der Waals surface area (Å²) in [7, 11) is 0. The van der Waals surface area contributed by atoms with E-state index in [-0.39, 0.29) is 6.61 Å². The SMILES string of the molecule is CCN(CC)c1ccc2c(CO)c3cc(Br)ccc3c(C)c2c1. The Labute approximate surface area is 145 Å². The van der Waals surface area contributed by atoms with Crippen molar-refractivity contribution in [2.24, 2.45) is 0 Å². The summed E-state index contributed by atoms with van der Waals surface area (Å²) in [4.78, 5) is 2.35. The van der Waals surface area contributed by atoms with Gasteiger partial charge < -0.3 is 10.0 Å². The van der Waals surface area contributed by atoms with Crippen molar-refractivity contribution >= 4 is 43.2 Å². The molecule has 0 saturated carbocycles. The molecule has 1 N–H and O–H groups in total. The Morgan fingerprint density at radius 3 is 2.26 bits per heavy atom. The van der Waals surface area contributed by atoms with Crippen molar-refractivity contribution in [1.82, 2.24) is 0 Å². The lowest BCUT2D eigenvalue weighted by atomic mass is 9.92. The molecule has 3 rings (SSSR count). The van der Waals surface area contributed by atoms with E-state index in [2.05, 4.69) is 78.0 Å². The third kappa shape index (κ3) is 2.73. The lowest BCUT2D eigenvalue weighted by Gasteiger charge is -2.22. The van der Waals surface area contributed by atoms with E-state index < -0.39 is 0 Å². The van der Waals surface area contributed by atoms with Crippen LogP contribution in [0.5, 0.6) is 0 Å². The van der Waals surface area contributed by atoms with Crippen molar-refractivity contribution < 1.29 is 5.11 Å². The first-order valence-electron chi connectivity index (χ1n) is 8.11. The van der Waals surface area contributed by atoms with Crippen molar-refractivity contribution in [3.05, 3.63) is 52.0 Å². The molecule has 0 bridgehead atoms. The molecule has 2 nitrogen and oxygen atoms in total. The first-order valence-corrected chi connectivity index (χ1v) is 8.90. The standard InChI is InChI=1S/C20H22BrNO/c1-4-22(5-2)15-7-9-17-18(11-15)13(3)16-8-6-14(21)10-19(16)20(17)12-23/h6-11,23H,4-5,12H2,1-3H3. The quantitative estimate of drug-likeness (QED) is 0.620. The molecular formula is C20H22BrNO. The van der Waals surface area contributed by atoms with Crippen molar-refractivity contribution in [2.75, 3.05) is 18.0 Å². The molecule has 0 atom stereocenters. The first-order chi connectivity index (χ1) is 11.1. The molecule has 0 radical (unpaired) electrons. The average molecular weight is 372 g/mol. The van der Waals surface area contributed by atoms with Crippen LogP contribution in [0, 0.1) is 6.92 Å². The van der Waals surface area contributed by atoms with Gasteiger partial charge in [0, 0.05) is 23.2 Å². The second-order valence-corrected chi connectivity index (χ2v) is 6.77. The molecule has 0 heterocycles. The second kappa shape index (κ2) is 6.50. The number of aliphatic hydroxyl groups is 1. The van der Waals surface area contributed by atoms with Crippen LogP contribution in [0.3, 0.4) is 0 Å². The topological polar surface area (TPSA) is 23.5 Å². The third-order valence-corrected chi connectivity index (χ3v) is 5.22. The molecule has 3 aromatic rings. The Morgan fingerprint density at radius 1 is 0.913 bits per heavy atom. The lowest BCUT2D eigenvalue weighted by Crippen LogP contribution is -2.21. The molecule has 0 aliphatic heterocycles.